The summed E-state index contributed by atoms with van der Waals surface area (Å²) in [5.41, 5.74) is -5.09. The molecule has 0 fully saturated rings. The Bertz CT molecular complexity index is 647. The Hall–Kier alpha value is -2.03. The minimum absolute atomic E-state index is 0.0957. The molecule has 0 heterocycles. The molecule has 0 aliphatic heterocycles. The van der Waals surface area contributed by atoms with Crippen molar-refractivity contribution in [2.75, 3.05) is 0 Å². The summed E-state index contributed by atoms with van der Waals surface area (Å²) in [6.07, 6.45) is 1.87. The lowest BCUT2D eigenvalue weighted by Gasteiger charge is -2.11. The van der Waals surface area contributed by atoms with Gasteiger partial charge in [-0.05, 0) is 36.3 Å². The fraction of sp³-hybridized carbons (Fsp3) is 0.182. The van der Waals surface area contributed by atoms with E-state index in [9.17, 15) is 31.5 Å². The highest BCUT2D eigenvalue weighted by atomic mass is 32.2. The van der Waals surface area contributed by atoms with Crippen molar-refractivity contribution < 1.29 is 35.7 Å². The van der Waals surface area contributed by atoms with Crippen LogP contribution in [0.5, 0.6) is 5.75 Å². The van der Waals surface area contributed by atoms with Crippen LogP contribution in [0, 0.1) is 6.92 Å². The summed E-state index contributed by atoms with van der Waals surface area (Å²) in [6, 6.07) is 3.46. The molecule has 1 aromatic rings. The number of carboxylic acids is 1. The number of alkyl halides is 3. The number of carbonyl (C=O) groups is 1. The minimum Gasteiger partial charge on any atom is -0.545 e. The second-order valence-electron chi connectivity index (χ2n) is 3.66. The summed E-state index contributed by atoms with van der Waals surface area (Å²) >= 11 is 0. The molecule has 0 bridgehead atoms. The van der Waals surface area contributed by atoms with Crippen molar-refractivity contribution in [1.82, 2.24) is 0 Å². The van der Waals surface area contributed by atoms with Gasteiger partial charge in [-0.25, -0.2) is 0 Å². The summed E-state index contributed by atoms with van der Waals surface area (Å²) in [6.45, 7) is 1.32. The van der Waals surface area contributed by atoms with Crippen LogP contribution in [0.15, 0.2) is 24.3 Å². The zero-order valence-corrected chi connectivity index (χ0v) is 10.8. The summed E-state index contributed by atoms with van der Waals surface area (Å²) in [5, 5.41) is 10.2. The average Bonchev–Trinajstić information content (AvgIpc) is 2.28. The normalized spacial score (nSPS) is 12.6. The Labute approximate surface area is 112 Å². The molecule has 0 radical (unpaired) electrons. The highest BCUT2D eigenvalue weighted by Crippen LogP contribution is 2.29. The monoisotopic (exact) mass is 309 g/mol. The molecule has 20 heavy (non-hydrogen) atoms. The molecule has 1 aromatic carbocycles. The minimum atomic E-state index is -5.73. The number of carbonyl (C=O) groups excluding carboxylic acids is 1. The summed E-state index contributed by atoms with van der Waals surface area (Å²) in [7, 11) is -5.73. The number of rotatable bonds is 4. The zero-order valence-electron chi connectivity index (χ0n) is 9.97. The number of aryl methyl sites for hydroxylation is 1. The van der Waals surface area contributed by atoms with Gasteiger partial charge >= 0.3 is 15.6 Å². The van der Waals surface area contributed by atoms with Gasteiger partial charge in [0.15, 0.2) is 0 Å². The quantitative estimate of drug-likeness (QED) is 0.470. The Morgan fingerprint density at radius 2 is 1.95 bits per heavy atom. The highest BCUT2D eigenvalue weighted by molar-refractivity contribution is 7.88. The molecule has 0 aromatic heterocycles. The van der Waals surface area contributed by atoms with Gasteiger partial charge in [0, 0.05) is 0 Å². The smallest absolute Gasteiger partial charge is 0.534 e. The average molecular weight is 309 g/mol. The first kappa shape index (κ1) is 16.0. The Kier molecular flexibility index (Phi) is 4.43. The second-order valence-corrected chi connectivity index (χ2v) is 5.20. The Balaban J connectivity index is 3.04. The van der Waals surface area contributed by atoms with Crippen LogP contribution in [0.3, 0.4) is 0 Å². The van der Waals surface area contributed by atoms with Gasteiger partial charge in [-0.1, -0.05) is 12.1 Å². The van der Waals surface area contributed by atoms with Crippen LogP contribution in [0.25, 0.3) is 6.08 Å². The number of carboxylic acid groups (broad SMARTS) is 1. The lowest BCUT2D eigenvalue weighted by Crippen LogP contribution is -2.28. The van der Waals surface area contributed by atoms with Crippen LogP contribution < -0.4 is 9.29 Å². The topological polar surface area (TPSA) is 83.5 Å². The van der Waals surface area contributed by atoms with Crippen LogP contribution in [0.1, 0.15) is 11.1 Å². The number of aliphatic carboxylic acids is 1. The fourth-order valence-corrected chi connectivity index (χ4v) is 1.72. The second kappa shape index (κ2) is 5.53. The lowest BCUT2D eigenvalue weighted by molar-refractivity contribution is -0.297. The third-order valence-corrected chi connectivity index (χ3v) is 3.06. The van der Waals surface area contributed by atoms with Gasteiger partial charge < -0.3 is 14.1 Å². The third kappa shape index (κ3) is 3.98. The van der Waals surface area contributed by atoms with Gasteiger partial charge in [0.05, 0.1) is 5.97 Å². The molecule has 0 aliphatic carbocycles. The van der Waals surface area contributed by atoms with Gasteiger partial charge in [-0.15, -0.1) is 0 Å². The predicted octanol–water partition coefficient (Wildman–Crippen LogP) is 0.987. The van der Waals surface area contributed by atoms with E-state index in [1.54, 1.807) is 0 Å². The first-order valence-corrected chi connectivity index (χ1v) is 6.44. The molecule has 9 heteroatoms. The SMILES string of the molecule is Cc1cc(/C=C/C(=O)[O-])ccc1OS(=O)(=O)C(F)(F)F. The number of hydrogen-bond acceptors (Lipinski definition) is 5. The Morgan fingerprint density at radius 3 is 2.40 bits per heavy atom. The molecule has 0 amide bonds. The zero-order chi connectivity index (χ0) is 15.6. The maximum atomic E-state index is 12.1. The van der Waals surface area contributed by atoms with E-state index in [1.807, 2.05) is 0 Å². The molecule has 110 valence electrons. The molecule has 0 spiro atoms. The molecule has 0 unspecified atom stereocenters. The first-order chi connectivity index (χ1) is 9.03. The summed E-state index contributed by atoms with van der Waals surface area (Å²) < 4.78 is 62.1. The molecule has 0 atom stereocenters. The van der Waals surface area contributed by atoms with Crippen LogP contribution in [-0.4, -0.2) is 19.9 Å². The van der Waals surface area contributed by atoms with Gasteiger partial charge in [-0.2, -0.15) is 21.6 Å². The van der Waals surface area contributed by atoms with Gasteiger partial charge in [0.1, 0.15) is 5.75 Å². The number of halogens is 3. The molecule has 0 aliphatic rings. The van der Waals surface area contributed by atoms with Crippen molar-refractivity contribution in [3.05, 3.63) is 35.4 Å². The van der Waals surface area contributed by atoms with E-state index in [1.165, 1.54) is 19.1 Å². The van der Waals surface area contributed by atoms with E-state index < -0.39 is 27.3 Å². The van der Waals surface area contributed by atoms with E-state index in [-0.39, 0.29) is 5.56 Å². The van der Waals surface area contributed by atoms with E-state index in [0.29, 0.717) is 5.56 Å². The largest absolute Gasteiger partial charge is 0.545 e. The molecule has 0 N–H and O–H groups in total. The van der Waals surface area contributed by atoms with Gasteiger partial charge in [-0.3, -0.25) is 0 Å². The van der Waals surface area contributed by atoms with Crippen molar-refractivity contribution >= 4 is 22.2 Å². The van der Waals surface area contributed by atoms with Crippen molar-refractivity contribution in [2.24, 2.45) is 0 Å². The van der Waals surface area contributed by atoms with Crippen molar-refractivity contribution in [2.45, 2.75) is 12.4 Å². The maximum absolute atomic E-state index is 12.1. The molecule has 0 saturated heterocycles. The van der Waals surface area contributed by atoms with Crippen molar-refractivity contribution in [3.8, 4) is 5.75 Å². The van der Waals surface area contributed by atoms with Crippen LogP contribution in [0.4, 0.5) is 13.2 Å². The molecular weight excluding hydrogens is 301 g/mol. The molecular formula is C11H8F3O5S-. The Morgan fingerprint density at radius 1 is 1.35 bits per heavy atom. The predicted molar refractivity (Wildman–Crippen MR) is 60.8 cm³/mol. The van der Waals surface area contributed by atoms with Crippen LogP contribution in [-0.2, 0) is 14.9 Å². The number of benzene rings is 1. The van der Waals surface area contributed by atoms with Crippen molar-refractivity contribution in [3.63, 3.8) is 0 Å². The van der Waals surface area contributed by atoms with E-state index >= 15 is 0 Å². The highest BCUT2D eigenvalue weighted by Gasteiger charge is 2.48. The fourth-order valence-electron chi connectivity index (χ4n) is 1.20. The molecule has 0 saturated carbocycles. The van der Waals surface area contributed by atoms with Gasteiger partial charge in [0.25, 0.3) is 0 Å². The van der Waals surface area contributed by atoms with E-state index in [4.69, 9.17) is 0 Å². The first-order valence-electron chi connectivity index (χ1n) is 5.03. The summed E-state index contributed by atoms with van der Waals surface area (Å²) in [5.74, 6) is -1.93. The third-order valence-electron chi connectivity index (χ3n) is 2.09. The van der Waals surface area contributed by atoms with Crippen molar-refractivity contribution in [1.29, 1.82) is 0 Å². The van der Waals surface area contributed by atoms with Gasteiger partial charge in [0.2, 0.25) is 0 Å². The van der Waals surface area contributed by atoms with E-state index in [2.05, 4.69) is 4.18 Å². The number of hydrogen-bond donors (Lipinski definition) is 0. The lowest BCUT2D eigenvalue weighted by atomic mass is 10.1. The van der Waals surface area contributed by atoms with E-state index in [0.717, 1.165) is 18.2 Å². The maximum Gasteiger partial charge on any atom is 0.534 e. The standard InChI is InChI=1S/C11H9F3O5S/c1-7-6-8(3-5-10(15)16)2-4-9(7)19-20(17,18)11(12,13)14/h2-6H,1H3,(H,15,16)/p-1/b5-3+. The molecule has 5 nitrogen and oxygen atoms in total. The summed E-state index contributed by atoms with van der Waals surface area (Å²) in [4.78, 5) is 10.2. The van der Waals surface area contributed by atoms with Crippen LogP contribution in [0.2, 0.25) is 0 Å². The molecule has 1 rings (SSSR count). The van der Waals surface area contributed by atoms with Crippen LogP contribution >= 0.6 is 0 Å².